The number of aliphatic hydroxyl groups is 1. The summed E-state index contributed by atoms with van der Waals surface area (Å²) in [7, 11) is 0. The Morgan fingerprint density at radius 2 is 2.10 bits per heavy atom. The molecule has 0 bridgehead atoms. The Kier molecular flexibility index (Phi) is 5.57. The monoisotopic (exact) mass is 414 g/mol. The molecule has 160 valence electrons. The van der Waals surface area contributed by atoms with Gasteiger partial charge in [0.25, 0.3) is 5.91 Å². The highest BCUT2D eigenvalue weighted by Gasteiger charge is 2.54. The van der Waals surface area contributed by atoms with Crippen molar-refractivity contribution in [1.82, 2.24) is 19.9 Å². The van der Waals surface area contributed by atoms with Crippen molar-refractivity contribution >= 4 is 11.9 Å². The number of aromatic nitrogens is 2. The topological polar surface area (TPSA) is 120 Å². The van der Waals surface area contributed by atoms with Gasteiger partial charge in [-0.05, 0) is 43.9 Å². The van der Waals surface area contributed by atoms with Gasteiger partial charge in [-0.2, -0.15) is 4.98 Å². The second-order valence-corrected chi connectivity index (χ2v) is 8.21. The average Bonchev–Trinajstić information content (AvgIpc) is 3.35. The Morgan fingerprint density at radius 3 is 2.80 bits per heavy atom. The maximum absolute atomic E-state index is 13.2. The fourth-order valence-corrected chi connectivity index (χ4v) is 4.77. The first-order valence-corrected chi connectivity index (χ1v) is 10.2. The van der Waals surface area contributed by atoms with E-state index in [-0.39, 0.29) is 24.0 Å². The Labute approximate surface area is 174 Å². The second kappa shape index (κ2) is 8.16. The van der Waals surface area contributed by atoms with E-state index in [1.54, 1.807) is 24.0 Å². The number of carbonyl (C=O) groups excluding carboxylic acids is 1. The summed E-state index contributed by atoms with van der Waals surface area (Å²) in [4.78, 5) is 33.1. The lowest BCUT2D eigenvalue weighted by Gasteiger charge is -2.41. The molecule has 0 saturated carbocycles. The van der Waals surface area contributed by atoms with Gasteiger partial charge in [-0.25, -0.2) is 4.79 Å². The summed E-state index contributed by atoms with van der Waals surface area (Å²) in [5.41, 5.74) is -0.0101. The molecule has 2 saturated heterocycles. The number of carbonyl (C=O) groups is 2. The van der Waals surface area contributed by atoms with E-state index in [0.29, 0.717) is 43.3 Å². The summed E-state index contributed by atoms with van der Waals surface area (Å²) < 4.78 is 5.59. The van der Waals surface area contributed by atoms with Crippen molar-refractivity contribution in [3.63, 3.8) is 0 Å². The second-order valence-electron chi connectivity index (χ2n) is 8.21. The Hall–Kier alpha value is -2.78. The van der Waals surface area contributed by atoms with Crippen molar-refractivity contribution in [2.45, 2.75) is 25.2 Å². The Bertz CT molecular complexity index is 945. The van der Waals surface area contributed by atoms with E-state index >= 15 is 0 Å². The average molecular weight is 414 g/mol. The van der Waals surface area contributed by atoms with Crippen molar-refractivity contribution in [3.05, 3.63) is 47.1 Å². The molecule has 2 atom stereocenters. The predicted molar refractivity (Wildman–Crippen MR) is 106 cm³/mol. The van der Waals surface area contributed by atoms with Gasteiger partial charge in [0.2, 0.25) is 5.89 Å². The third kappa shape index (κ3) is 3.70. The number of likely N-dealkylation sites (tertiary alicyclic amines) is 2. The van der Waals surface area contributed by atoms with E-state index < -0.39 is 11.4 Å². The fraction of sp³-hybridized carbons (Fsp3) is 0.524. The van der Waals surface area contributed by atoms with Crippen LogP contribution in [0.3, 0.4) is 0 Å². The molecule has 3 heterocycles. The highest BCUT2D eigenvalue weighted by atomic mass is 16.5. The zero-order valence-corrected chi connectivity index (χ0v) is 17.0. The van der Waals surface area contributed by atoms with E-state index in [2.05, 4.69) is 15.0 Å². The number of hydrogen-bond acceptors (Lipinski definition) is 7. The van der Waals surface area contributed by atoms with E-state index in [9.17, 15) is 19.8 Å². The number of piperidine rings is 1. The number of amides is 1. The normalized spacial score (nSPS) is 24.1. The minimum absolute atomic E-state index is 0.0917. The molecular weight excluding hydrogens is 388 g/mol. The number of benzene rings is 1. The van der Waals surface area contributed by atoms with Gasteiger partial charge < -0.3 is 24.5 Å². The predicted octanol–water partition coefficient (Wildman–Crippen LogP) is 1.17. The van der Waals surface area contributed by atoms with Crippen LogP contribution in [0.2, 0.25) is 0 Å². The van der Waals surface area contributed by atoms with Crippen molar-refractivity contribution in [1.29, 1.82) is 0 Å². The van der Waals surface area contributed by atoms with Crippen LogP contribution in [-0.4, -0.2) is 81.4 Å². The van der Waals surface area contributed by atoms with E-state index in [4.69, 9.17) is 4.52 Å². The number of fused-ring (bicyclic) bond motifs is 1. The molecule has 0 radical (unpaired) electrons. The molecule has 0 unspecified atom stereocenters. The number of carboxylic acids is 1. The van der Waals surface area contributed by atoms with E-state index in [0.717, 1.165) is 19.5 Å². The number of aliphatic hydroxyl groups excluding tert-OH is 1. The number of rotatable bonds is 6. The summed E-state index contributed by atoms with van der Waals surface area (Å²) in [6.07, 6.45) is 1.48. The van der Waals surface area contributed by atoms with Gasteiger partial charge in [0.05, 0.1) is 11.0 Å². The van der Waals surface area contributed by atoms with Crippen molar-refractivity contribution < 1.29 is 24.3 Å². The largest absolute Gasteiger partial charge is 0.478 e. The Morgan fingerprint density at radius 1 is 1.30 bits per heavy atom. The van der Waals surface area contributed by atoms with Crippen LogP contribution in [0.15, 0.2) is 28.8 Å². The van der Waals surface area contributed by atoms with Gasteiger partial charge in [0, 0.05) is 44.9 Å². The van der Waals surface area contributed by atoms with Crippen LogP contribution in [0.1, 0.15) is 45.3 Å². The molecule has 0 aliphatic carbocycles. The van der Waals surface area contributed by atoms with Crippen LogP contribution < -0.4 is 0 Å². The van der Waals surface area contributed by atoms with Gasteiger partial charge in [0.1, 0.15) is 0 Å². The van der Waals surface area contributed by atoms with Crippen LogP contribution >= 0.6 is 0 Å². The summed E-state index contributed by atoms with van der Waals surface area (Å²) >= 11 is 0. The van der Waals surface area contributed by atoms with Crippen LogP contribution in [0, 0.1) is 12.8 Å². The summed E-state index contributed by atoms with van der Waals surface area (Å²) in [5, 5.41) is 22.4. The van der Waals surface area contributed by atoms with E-state index in [1.807, 2.05) is 0 Å². The van der Waals surface area contributed by atoms with Crippen LogP contribution in [-0.2, 0) is 5.41 Å². The zero-order valence-electron chi connectivity index (χ0n) is 17.0. The lowest BCUT2D eigenvalue weighted by atomic mass is 9.73. The van der Waals surface area contributed by atoms with Crippen molar-refractivity contribution in [2.24, 2.45) is 5.92 Å². The minimum Gasteiger partial charge on any atom is -0.478 e. The van der Waals surface area contributed by atoms with E-state index in [1.165, 1.54) is 12.1 Å². The minimum atomic E-state index is -1.06. The highest BCUT2D eigenvalue weighted by molar-refractivity contribution is 5.97. The first-order chi connectivity index (χ1) is 14.4. The molecule has 2 N–H and O–H groups in total. The van der Waals surface area contributed by atoms with Gasteiger partial charge in [-0.15, -0.1) is 0 Å². The standard InChI is InChI=1S/C21H26N4O5/c1-14-22-20(30-23-14)21-12-24(7-3-9-26)11-17(21)6-8-25(13-21)18(27)15-4-2-5-16(10-15)19(28)29/h2,4-5,10,17,26H,3,6-9,11-13H2,1H3,(H,28,29)/t17-,21+/m0/s1. The molecule has 2 fully saturated rings. The molecule has 0 spiro atoms. The van der Waals surface area contributed by atoms with Gasteiger partial charge >= 0.3 is 5.97 Å². The highest BCUT2D eigenvalue weighted by Crippen LogP contribution is 2.44. The van der Waals surface area contributed by atoms with Crippen molar-refractivity contribution in [2.75, 3.05) is 39.3 Å². The third-order valence-corrected chi connectivity index (χ3v) is 6.22. The molecule has 1 aromatic heterocycles. The molecule has 2 aliphatic heterocycles. The summed E-state index contributed by atoms with van der Waals surface area (Å²) in [6.45, 7) is 5.25. The lowest BCUT2D eigenvalue weighted by Crippen LogP contribution is -2.53. The molecular formula is C21H26N4O5. The first-order valence-electron chi connectivity index (χ1n) is 10.2. The maximum atomic E-state index is 13.2. The summed E-state index contributed by atoms with van der Waals surface area (Å²) in [6, 6.07) is 6.13. The molecule has 9 nitrogen and oxygen atoms in total. The number of aromatic carboxylic acids is 1. The molecule has 1 amide bonds. The van der Waals surface area contributed by atoms with Gasteiger partial charge in [-0.1, -0.05) is 11.2 Å². The molecule has 2 aromatic rings. The molecule has 1 aromatic carbocycles. The lowest BCUT2D eigenvalue weighted by molar-refractivity contribution is 0.0536. The van der Waals surface area contributed by atoms with Crippen LogP contribution in [0.25, 0.3) is 0 Å². The van der Waals surface area contributed by atoms with Crippen LogP contribution in [0.5, 0.6) is 0 Å². The first kappa shape index (κ1) is 20.5. The van der Waals surface area contributed by atoms with Gasteiger partial charge in [0.15, 0.2) is 5.82 Å². The molecule has 2 aliphatic rings. The molecule has 30 heavy (non-hydrogen) atoms. The zero-order chi connectivity index (χ0) is 21.3. The number of aryl methyl sites for hydroxylation is 1. The van der Waals surface area contributed by atoms with Crippen molar-refractivity contribution in [3.8, 4) is 0 Å². The number of carboxylic acid groups (broad SMARTS) is 1. The maximum Gasteiger partial charge on any atom is 0.335 e. The number of hydrogen-bond donors (Lipinski definition) is 2. The summed E-state index contributed by atoms with van der Waals surface area (Å²) in [5.74, 6) is 0.126. The quantitative estimate of drug-likeness (QED) is 0.723. The Balaban J connectivity index is 1.62. The smallest absolute Gasteiger partial charge is 0.335 e. The molecule has 9 heteroatoms. The number of nitrogens with zero attached hydrogens (tertiary/aromatic N) is 4. The fourth-order valence-electron chi connectivity index (χ4n) is 4.77. The molecule has 4 rings (SSSR count). The van der Waals surface area contributed by atoms with Gasteiger partial charge in [-0.3, -0.25) is 4.79 Å². The van der Waals surface area contributed by atoms with Crippen LogP contribution in [0.4, 0.5) is 0 Å². The SMILES string of the molecule is Cc1noc([C@@]23CN(CCCO)C[C@@H]2CCN(C(=O)c2cccc(C(=O)O)c2)C3)n1. The third-order valence-electron chi connectivity index (χ3n) is 6.22.